The molecule has 118 valence electrons. The number of carboxylic acids is 1. The number of piperidine rings is 1. The number of anilines is 1. The van der Waals surface area contributed by atoms with Crippen molar-refractivity contribution in [2.45, 2.75) is 32.7 Å². The average molecular weight is 316 g/mol. The topological polar surface area (TPSA) is 105 Å². The first-order valence-corrected chi connectivity index (χ1v) is 8.29. The number of carboxylic acid groups (broad SMARTS) is 1. The number of nitrogens with one attached hydrogen (secondary N) is 1. The zero-order valence-electron chi connectivity index (χ0n) is 12.1. The van der Waals surface area contributed by atoms with Crippen LogP contribution in [0.15, 0.2) is 12.3 Å². The second-order valence-corrected chi connectivity index (χ2v) is 7.04. The molecule has 1 aliphatic rings. The molecule has 0 saturated carbocycles. The van der Waals surface area contributed by atoms with Crippen LogP contribution in [0.3, 0.4) is 0 Å². The van der Waals surface area contributed by atoms with Crippen molar-refractivity contribution in [2.75, 3.05) is 17.8 Å². The van der Waals surface area contributed by atoms with Crippen LogP contribution in [0.1, 0.15) is 32.7 Å². The quantitative estimate of drug-likeness (QED) is 0.840. The predicted molar refractivity (Wildman–Crippen MR) is 77.1 cm³/mol. The van der Waals surface area contributed by atoms with Gasteiger partial charge in [0.2, 0.25) is 0 Å². The minimum absolute atomic E-state index is 0.0375. The number of carbonyl (C=O) groups is 1. The maximum absolute atomic E-state index is 12.3. The van der Waals surface area contributed by atoms with Gasteiger partial charge < -0.3 is 5.11 Å². The van der Waals surface area contributed by atoms with E-state index in [0.717, 1.165) is 0 Å². The van der Waals surface area contributed by atoms with Crippen molar-refractivity contribution in [3.63, 3.8) is 0 Å². The van der Waals surface area contributed by atoms with Crippen molar-refractivity contribution in [3.05, 3.63) is 12.3 Å². The van der Waals surface area contributed by atoms with E-state index in [9.17, 15) is 13.2 Å². The number of nitrogens with zero attached hydrogens (tertiary/aromatic N) is 3. The molecule has 0 radical (unpaired) electrons. The lowest BCUT2D eigenvalue weighted by Crippen LogP contribution is -2.43. The van der Waals surface area contributed by atoms with Crippen molar-refractivity contribution < 1.29 is 18.3 Å². The summed E-state index contributed by atoms with van der Waals surface area (Å²) in [5.74, 6) is -0.916. The number of aliphatic carboxylic acids is 1. The van der Waals surface area contributed by atoms with Gasteiger partial charge in [-0.25, -0.2) is 4.68 Å². The van der Waals surface area contributed by atoms with Crippen LogP contribution in [-0.2, 0) is 15.0 Å². The molecule has 2 rings (SSSR count). The molecular formula is C12H20N4O4S. The third-order valence-corrected chi connectivity index (χ3v) is 5.05. The largest absolute Gasteiger partial charge is 0.481 e. The Hall–Kier alpha value is -1.61. The molecule has 1 aromatic rings. The summed E-state index contributed by atoms with van der Waals surface area (Å²) >= 11 is 0. The van der Waals surface area contributed by atoms with E-state index in [4.69, 9.17) is 5.11 Å². The van der Waals surface area contributed by atoms with Gasteiger partial charge in [-0.15, -0.1) is 0 Å². The third-order valence-electron chi connectivity index (χ3n) is 3.54. The Morgan fingerprint density at radius 2 is 2.05 bits per heavy atom. The van der Waals surface area contributed by atoms with Gasteiger partial charge in [0, 0.05) is 25.2 Å². The Labute approximate surface area is 123 Å². The summed E-state index contributed by atoms with van der Waals surface area (Å²) in [6, 6.07) is 1.64. The van der Waals surface area contributed by atoms with Crippen LogP contribution < -0.4 is 4.72 Å². The molecule has 9 heteroatoms. The summed E-state index contributed by atoms with van der Waals surface area (Å²) in [4.78, 5) is 10.9. The fourth-order valence-corrected chi connectivity index (χ4v) is 3.59. The highest BCUT2D eigenvalue weighted by atomic mass is 32.2. The van der Waals surface area contributed by atoms with Gasteiger partial charge in [-0.3, -0.25) is 9.52 Å². The van der Waals surface area contributed by atoms with E-state index >= 15 is 0 Å². The van der Waals surface area contributed by atoms with Crippen molar-refractivity contribution in [2.24, 2.45) is 5.92 Å². The molecule has 0 bridgehead atoms. The molecule has 1 aromatic heterocycles. The van der Waals surface area contributed by atoms with E-state index in [0.29, 0.717) is 18.7 Å². The molecule has 0 unspecified atom stereocenters. The van der Waals surface area contributed by atoms with E-state index < -0.39 is 22.1 Å². The van der Waals surface area contributed by atoms with Gasteiger partial charge in [0.1, 0.15) is 5.82 Å². The Morgan fingerprint density at radius 3 is 2.57 bits per heavy atom. The van der Waals surface area contributed by atoms with Gasteiger partial charge in [-0.1, -0.05) is 0 Å². The zero-order chi connectivity index (χ0) is 15.6. The summed E-state index contributed by atoms with van der Waals surface area (Å²) in [5, 5.41) is 13.0. The van der Waals surface area contributed by atoms with Gasteiger partial charge in [-0.05, 0) is 26.7 Å². The smallest absolute Gasteiger partial charge is 0.306 e. The maximum atomic E-state index is 12.3. The summed E-state index contributed by atoms with van der Waals surface area (Å²) in [5.41, 5.74) is 0. The lowest BCUT2D eigenvalue weighted by molar-refractivity contribution is -0.142. The molecule has 0 aromatic carbocycles. The fraction of sp³-hybridized carbons (Fsp3) is 0.667. The Balaban J connectivity index is 2.06. The minimum Gasteiger partial charge on any atom is -0.481 e. The molecule has 1 saturated heterocycles. The highest BCUT2D eigenvalue weighted by Gasteiger charge is 2.31. The molecule has 0 amide bonds. The molecule has 2 heterocycles. The Bertz CT molecular complexity index is 603. The monoisotopic (exact) mass is 316 g/mol. The normalized spacial score (nSPS) is 18.0. The SMILES string of the molecule is CC(C)n1nccc1NS(=O)(=O)N1CCC(C(=O)O)CC1. The molecule has 0 aliphatic carbocycles. The lowest BCUT2D eigenvalue weighted by atomic mass is 9.99. The van der Waals surface area contributed by atoms with Crippen LogP contribution in [0.25, 0.3) is 0 Å². The number of rotatable bonds is 5. The first kappa shape index (κ1) is 15.8. The van der Waals surface area contributed by atoms with Gasteiger partial charge in [-0.2, -0.15) is 17.8 Å². The molecule has 1 fully saturated rings. The van der Waals surface area contributed by atoms with E-state index in [2.05, 4.69) is 9.82 Å². The first-order valence-electron chi connectivity index (χ1n) is 6.85. The molecular weight excluding hydrogens is 296 g/mol. The number of hydrogen-bond donors (Lipinski definition) is 2. The Kier molecular flexibility index (Phi) is 4.52. The zero-order valence-corrected chi connectivity index (χ0v) is 12.9. The lowest BCUT2D eigenvalue weighted by Gasteiger charge is -2.29. The summed E-state index contributed by atoms with van der Waals surface area (Å²) in [7, 11) is -3.68. The van der Waals surface area contributed by atoms with Crippen LogP contribution in [0.5, 0.6) is 0 Å². The summed E-state index contributed by atoms with van der Waals surface area (Å²) in [6.07, 6.45) is 2.20. The van der Waals surface area contributed by atoms with Crippen molar-refractivity contribution >= 4 is 22.0 Å². The molecule has 8 nitrogen and oxygen atoms in total. The van der Waals surface area contributed by atoms with Gasteiger partial charge in [0.25, 0.3) is 0 Å². The highest BCUT2D eigenvalue weighted by Crippen LogP contribution is 2.22. The molecule has 1 aliphatic heterocycles. The minimum atomic E-state index is -3.68. The van der Waals surface area contributed by atoms with Crippen LogP contribution in [-0.4, -0.2) is 46.7 Å². The van der Waals surface area contributed by atoms with E-state index in [1.54, 1.807) is 10.7 Å². The molecule has 0 spiro atoms. The van der Waals surface area contributed by atoms with Gasteiger partial charge in [0.15, 0.2) is 0 Å². The van der Waals surface area contributed by atoms with Gasteiger partial charge >= 0.3 is 16.2 Å². The van der Waals surface area contributed by atoms with Crippen LogP contribution in [0.2, 0.25) is 0 Å². The summed E-state index contributed by atoms with van der Waals surface area (Å²) in [6.45, 7) is 4.23. The van der Waals surface area contributed by atoms with E-state index in [1.807, 2.05) is 13.8 Å². The van der Waals surface area contributed by atoms with Crippen LogP contribution in [0.4, 0.5) is 5.82 Å². The predicted octanol–water partition coefficient (Wildman–Crippen LogP) is 0.917. The second kappa shape index (κ2) is 6.02. The van der Waals surface area contributed by atoms with E-state index in [1.165, 1.54) is 10.5 Å². The number of aromatic nitrogens is 2. The van der Waals surface area contributed by atoms with E-state index in [-0.39, 0.29) is 19.1 Å². The molecule has 2 N–H and O–H groups in total. The third kappa shape index (κ3) is 3.53. The fourth-order valence-electron chi connectivity index (χ4n) is 2.35. The Morgan fingerprint density at radius 1 is 1.43 bits per heavy atom. The highest BCUT2D eigenvalue weighted by molar-refractivity contribution is 7.90. The van der Waals surface area contributed by atoms with Crippen LogP contribution in [0, 0.1) is 5.92 Å². The van der Waals surface area contributed by atoms with Gasteiger partial charge in [0.05, 0.1) is 12.1 Å². The molecule has 0 atom stereocenters. The maximum Gasteiger partial charge on any atom is 0.306 e. The van der Waals surface area contributed by atoms with Crippen LogP contribution >= 0.6 is 0 Å². The second-order valence-electron chi connectivity index (χ2n) is 5.37. The average Bonchev–Trinajstić information content (AvgIpc) is 2.86. The van der Waals surface area contributed by atoms with Crippen molar-refractivity contribution in [1.82, 2.24) is 14.1 Å². The standard InChI is InChI=1S/C12H20N4O4S/c1-9(2)16-11(3-6-13-16)14-21(19,20)15-7-4-10(5-8-15)12(17)18/h3,6,9-10,14H,4-5,7-8H2,1-2H3,(H,17,18). The molecule has 21 heavy (non-hydrogen) atoms. The number of hydrogen-bond acceptors (Lipinski definition) is 4. The first-order chi connectivity index (χ1) is 9.81. The van der Waals surface area contributed by atoms with Crippen molar-refractivity contribution in [3.8, 4) is 0 Å². The summed E-state index contributed by atoms with van der Waals surface area (Å²) < 4.78 is 30.0. The van der Waals surface area contributed by atoms with Crippen molar-refractivity contribution in [1.29, 1.82) is 0 Å².